The highest BCUT2D eigenvalue weighted by Gasteiger charge is 2.25. The molecule has 0 radical (unpaired) electrons. The molecule has 0 bridgehead atoms. The molecule has 0 aliphatic carbocycles. The summed E-state index contributed by atoms with van der Waals surface area (Å²) in [6.45, 7) is 5.11. The van der Waals surface area contributed by atoms with E-state index in [4.69, 9.17) is 5.73 Å². The lowest BCUT2D eigenvalue weighted by Crippen LogP contribution is -2.49. The highest BCUT2D eigenvalue weighted by atomic mass is 35.5. The van der Waals surface area contributed by atoms with E-state index in [-0.39, 0.29) is 42.4 Å². The number of halogens is 1. The zero-order chi connectivity index (χ0) is 17.7. The number of benzene rings is 1. The molecule has 1 aromatic carbocycles. The van der Waals surface area contributed by atoms with Crippen molar-refractivity contribution >= 4 is 24.2 Å². The first kappa shape index (κ1) is 21.3. The van der Waals surface area contributed by atoms with Gasteiger partial charge < -0.3 is 21.1 Å². The Morgan fingerprint density at radius 2 is 1.80 bits per heavy atom. The van der Waals surface area contributed by atoms with Crippen molar-refractivity contribution in [1.29, 1.82) is 0 Å². The van der Waals surface area contributed by atoms with Crippen LogP contribution in [0, 0.1) is 5.92 Å². The molecular formula is C18H28ClN3O3. The summed E-state index contributed by atoms with van der Waals surface area (Å²) in [7, 11) is 0. The highest BCUT2D eigenvalue weighted by Crippen LogP contribution is 2.28. The number of hydrogen-bond acceptors (Lipinski definition) is 4. The largest absolute Gasteiger partial charge is 0.508 e. The van der Waals surface area contributed by atoms with E-state index in [9.17, 15) is 14.7 Å². The molecular weight excluding hydrogens is 342 g/mol. The van der Waals surface area contributed by atoms with Gasteiger partial charge in [0.25, 0.3) is 0 Å². The van der Waals surface area contributed by atoms with E-state index in [1.807, 2.05) is 26.0 Å². The van der Waals surface area contributed by atoms with Gasteiger partial charge in [-0.3, -0.25) is 9.59 Å². The monoisotopic (exact) mass is 369 g/mol. The number of carbonyl (C=O) groups is 2. The van der Waals surface area contributed by atoms with Gasteiger partial charge in [-0.2, -0.15) is 0 Å². The van der Waals surface area contributed by atoms with Gasteiger partial charge in [-0.05, 0) is 42.4 Å². The lowest BCUT2D eigenvalue weighted by molar-refractivity contribution is -0.134. The zero-order valence-electron chi connectivity index (χ0n) is 14.8. The first-order valence-corrected chi connectivity index (χ1v) is 8.48. The van der Waals surface area contributed by atoms with Gasteiger partial charge in [0.15, 0.2) is 0 Å². The molecule has 1 atom stereocenters. The molecule has 7 heteroatoms. The van der Waals surface area contributed by atoms with Crippen LogP contribution >= 0.6 is 12.4 Å². The second-order valence-electron chi connectivity index (χ2n) is 6.73. The Hall–Kier alpha value is -1.79. The van der Waals surface area contributed by atoms with Gasteiger partial charge in [-0.1, -0.05) is 26.0 Å². The number of likely N-dealkylation sites (tertiary alicyclic amines) is 1. The van der Waals surface area contributed by atoms with Gasteiger partial charge in [0.05, 0.1) is 12.6 Å². The molecule has 1 aliphatic rings. The van der Waals surface area contributed by atoms with E-state index >= 15 is 0 Å². The number of phenolic OH excluding ortho intramolecular Hbond substituents is 1. The Labute approximate surface area is 155 Å². The van der Waals surface area contributed by atoms with Crippen molar-refractivity contribution in [2.75, 3.05) is 19.6 Å². The van der Waals surface area contributed by atoms with Gasteiger partial charge in [0.2, 0.25) is 11.8 Å². The summed E-state index contributed by atoms with van der Waals surface area (Å²) in [5, 5.41) is 12.0. The maximum atomic E-state index is 12.2. The van der Waals surface area contributed by atoms with Crippen LogP contribution in [0.25, 0.3) is 0 Å². The fourth-order valence-corrected chi connectivity index (χ4v) is 2.90. The molecule has 25 heavy (non-hydrogen) atoms. The van der Waals surface area contributed by atoms with E-state index in [2.05, 4.69) is 5.32 Å². The lowest BCUT2D eigenvalue weighted by Gasteiger charge is -2.32. The minimum absolute atomic E-state index is 0. The minimum atomic E-state index is -0.585. The van der Waals surface area contributed by atoms with Crippen LogP contribution < -0.4 is 11.1 Å². The van der Waals surface area contributed by atoms with Gasteiger partial charge in [-0.15, -0.1) is 12.4 Å². The number of amides is 2. The Bertz CT molecular complexity index is 569. The number of nitrogens with two attached hydrogens (primary N) is 1. The number of rotatable bonds is 5. The summed E-state index contributed by atoms with van der Waals surface area (Å²) >= 11 is 0. The predicted octanol–water partition coefficient (Wildman–Crippen LogP) is 1.62. The van der Waals surface area contributed by atoms with E-state index in [0.29, 0.717) is 19.0 Å². The molecule has 0 unspecified atom stereocenters. The third kappa shape index (κ3) is 5.90. The summed E-state index contributed by atoms with van der Waals surface area (Å²) in [6, 6.07) is 6.68. The number of carbonyl (C=O) groups excluding carboxylic acids is 2. The number of nitrogens with one attached hydrogen (secondary N) is 1. The summed E-state index contributed by atoms with van der Waals surface area (Å²) in [5.41, 5.74) is 6.95. The molecule has 0 saturated carbocycles. The van der Waals surface area contributed by atoms with E-state index in [1.165, 1.54) is 5.56 Å². The Morgan fingerprint density at radius 1 is 1.24 bits per heavy atom. The number of hydrogen-bond donors (Lipinski definition) is 3. The average Bonchev–Trinajstić information content (AvgIpc) is 2.59. The molecule has 1 heterocycles. The van der Waals surface area contributed by atoms with E-state index in [1.54, 1.807) is 17.0 Å². The van der Waals surface area contributed by atoms with Crippen LogP contribution in [0.3, 0.4) is 0 Å². The van der Waals surface area contributed by atoms with Crippen LogP contribution in [-0.2, 0) is 9.59 Å². The summed E-state index contributed by atoms with van der Waals surface area (Å²) < 4.78 is 0. The molecule has 2 rings (SSSR count). The van der Waals surface area contributed by atoms with Gasteiger partial charge in [0, 0.05) is 13.1 Å². The van der Waals surface area contributed by atoms with Crippen molar-refractivity contribution in [3.05, 3.63) is 29.8 Å². The Morgan fingerprint density at radius 3 is 2.32 bits per heavy atom. The van der Waals surface area contributed by atoms with Crippen molar-refractivity contribution in [2.24, 2.45) is 11.7 Å². The summed E-state index contributed by atoms with van der Waals surface area (Å²) in [5.74, 6) is 0.363. The molecule has 1 aromatic rings. The van der Waals surface area contributed by atoms with E-state index < -0.39 is 6.04 Å². The normalized spacial score (nSPS) is 16.2. The first-order chi connectivity index (χ1) is 11.4. The van der Waals surface area contributed by atoms with Crippen LogP contribution in [0.15, 0.2) is 24.3 Å². The topological polar surface area (TPSA) is 95.7 Å². The average molecular weight is 370 g/mol. The maximum Gasteiger partial charge on any atom is 0.241 e. The zero-order valence-corrected chi connectivity index (χ0v) is 15.6. The van der Waals surface area contributed by atoms with Gasteiger partial charge in [-0.25, -0.2) is 0 Å². The standard InChI is InChI=1S/C18H27N3O3.ClH/c1-12(2)17(19)18(24)20-11-16(23)21-9-7-14(8-10-21)13-3-5-15(22)6-4-13;/h3-6,12,14,17,22H,7-11,19H2,1-2H3,(H,20,24);1H/t17-;/m0./s1. The second-order valence-corrected chi connectivity index (χ2v) is 6.73. The number of aromatic hydroxyl groups is 1. The maximum absolute atomic E-state index is 12.2. The third-order valence-electron chi connectivity index (χ3n) is 4.65. The highest BCUT2D eigenvalue weighted by molar-refractivity contribution is 5.87. The van der Waals surface area contributed by atoms with Crippen molar-refractivity contribution in [3.8, 4) is 5.75 Å². The van der Waals surface area contributed by atoms with Crippen molar-refractivity contribution < 1.29 is 14.7 Å². The quantitative estimate of drug-likeness (QED) is 0.734. The Kier molecular flexibility index (Phi) is 8.19. The van der Waals surface area contributed by atoms with Crippen molar-refractivity contribution in [1.82, 2.24) is 10.2 Å². The lowest BCUT2D eigenvalue weighted by atomic mass is 9.89. The number of nitrogens with zero attached hydrogens (tertiary/aromatic N) is 1. The summed E-state index contributed by atoms with van der Waals surface area (Å²) in [6.07, 6.45) is 1.77. The molecule has 1 fully saturated rings. The fraction of sp³-hybridized carbons (Fsp3) is 0.556. The smallest absolute Gasteiger partial charge is 0.241 e. The van der Waals surface area contributed by atoms with Crippen LogP contribution in [-0.4, -0.2) is 47.5 Å². The Balaban J connectivity index is 0.00000312. The van der Waals surface area contributed by atoms with Crippen LogP contribution in [0.1, 0.15) is 38.2 Å². The van der Waals surface area contributed by atoms with Crippen LogP contribution in [0.5, 0.6) is 5.75 Å². The molecule has 4 N–H and O–H groups in total. The third-order valence-corrected chi connectivity index (χ3v) is 4.65. The molecule has 0 spiro atoms. The molecule has 2 amide bonds. The minimum Gasteiger partial charge on any atom is -0.508 e. The fourth-order valence-electron chi connectivity index (χ4n) is 2.90. The molecule has 0 aromatic heterocycles. The van der Waals surface area contributed by atoms with E-state index in [0.717, 1.165) is 12.8 Å². The predicted molar refractivity (Wildman–Crippen MR) is 99.7 cm³/mol. The molecule has 140 valence electrons. The molecule has 6 nitrogen and oxygen atoms in total. The van der Waals surface area contributed by atoms with Crippen molar-refractivity contribution in [2.45, 2.75) is 38.6 Å². The van der Waals surface area contributed by atoms with Crippen LogP contribution in [0.2, 0.25) is 0 Å². The number of phenols is 1. The van der Waals surface area contributed by atoms with Crippen LogP contribution in [0.4, 0.5) is 0 Å². The molecule has 1 aliphatic heterocycles. The van der Waals surface area contributed by atoms with Crippen molar-refractivity contribution in [3.63, 3.8) is 0 Å². The SMILES string of the molecule is CC(C)[C@H](N)C(=O)NCC(=O)N1CCC(c2ccc(O)cc2)CC1.Cl. The summed E-state index contributed by atoms with van der Waals surface area (Å²) in [4.78, 5) is 25.8. The van der Waals surface area contributed by atoms with Gasteiger partial charge >= 0.3 is 0 Å². The number of piperidine rings is 1. The first-order valence-electron chi connectivity index (χ1n) is 8.48. The molecule has 1 saturated heterocycles. The van der Waals surface area contributed by atoms with Gasteiger partial charge in [0.1, 0.15) is 5.75 Å². The second kappa shape index (κ2) is 9.63.